The molecule has 1 saturated heterocycles. The standard InChI is InChI=1S/C23H22F3N3O3/c24-23(25,26)16-6-3-5-15(11-16)12-21(30)29(13-17-7-4-10-32-17)14-20-27-19-9-2-1-8-18(19)22(31)28-20/h1-3,5-6,8-9,11,17H,4,7,10,12-14H2,(H,27,28,31)/t17-/m1/s1. The smallest absolute Gasteiger partial charge is 0.376 e. The fourth-order valence-electron chi connectivity index (χ4n) is 3.82. The van der Waals surface area contributed by atoms with E-state index < -0.39 is 11.7 Å². The zero-order valence-electron chi connectivity index (χ0n) is 17.2. The van der Waals surface area contributed by atoms with Gasteiger partial charge >= 0.3 is 6.18 Å². The quantitative estimate of drug-likeness (QED) is 0.628. The highest BCUT2D eigenvalue weighted by Crippen LogP contribution is 2.29. The van der Waals surface area contributed by atoms with Gasteiger partial charge in [0, 0.05) is 13.2 Å². The number of H-pyrrole nitrogens is 1. The lowest BCUT2D eigenvalue weighted by molar-refractivity contribution is -0.138. The molecule has 32 heavy (non-hydrogen) atoms. The number of rotatable bonds is 6. The molecule has 3 aromatic rings. The lowest BCUT2D eigenvalue weighted by Gasteiger charge is -2.25. The van der Waals surface area contributed by atoms with Gasteiger partial charge in [0.25, 0.3) is 5.56 Å². The van der Waals surface area contributed by atoms with Crippen molar-refractivity contribution in [1.82, 2.24) is 14.9 Å². The van der Waals surface area contributed by atoms with E-state index in [0.717, 1.165) is 25.0 Å². The third-order valence-corrected chi connectivity index (χ3v) is 5.41. The first-order valence-electron chi connectivity index (χ1n) is 10.3. The third kappa shape index (κ3) is 5.16. The fraction of sp³-hybridized carbons (Fsp3) is 0.348. The van der Waals surface area contributed by atoms with Crippen molar-refractivity contribution >= 4 is 16.8 Å². The van der Waals surface area contributed by atoms with Gasteiger partial charge in [-0.05, 0) is 36.6 Å². The lowest BCUT2D eigenvalue weighted by Crippen LogP contribution is -2.38. The normalized spacial score (nSPS) is 16.4. The predicted octanol–water partition coefficient (Wildman–Crippen LogP) is 3.69. The second-order valence-electron chi connectivity index (χ2n) is 7.81. The molecular formula is C23H22F3N3O3. The van der Waals surface area contributed by atoms with Crippen LogP contribution in [-0.2, 0) is 28.7 Å². The van der Waals surface area contributed by atoms with E-state index in [-0.39, 0.29) is 42.6 Å². The first-order chi connectivity index (χ1) is 15.3. The Morgan fingerprint density at radius 3 is 2.75 bits per heavy atom. The summed E-state index contributed by atoms with van der Waals surface area (Å²) in [5.74, 6) is -0.0558. The first kappa shape index (κ1) is 22.0. The Kier molecular flexibility index (Phi) is 6.27. The minimum absolute atomic E-state index is 0.0255. The van der Waals surface area contributed by atoms with Crippen LogP contribution in [0, 0.1) is 0 Å². The highest BCUT2D eigenvalue weighted by Gasteiger charge is 2.31. The molecule has 0 bridgehead atoms. The molecule has 1 N–H and O–H groups in total. The summed E-state index contributed by atoms with van der Waals surface area (Å²) in [6.07, 6.45) is -3.17. The Labute approximate surface area is 182 Å². The molecule has 2 heterocycles. The number of halogens is 3. The van der Waals surface area contributed by atoms with Gasteiger partial charge in [0.1, 0.15) is 5.82 Å². The summed E-state index contributed by atoms with van der Waals surface area (Å²) >= 11 is 0. The van der Waals surface area contributed by atoms with E-state index in [2.05, 4.69) is 9.97 Å². The van der Waals surface area contributed by atoms with E-state index in [1.807, 2.05) is 0 Å². The average molecular weight is 445 g/mol. The summed E-state index contributed by atoms with van der Waals surface area (Å²) in [4.78, 5) is 34.1. The number of carbonyl (C=O) groups is 1. The second kappa shape index (κ2) is 9.12. The molecule has 0 unspecified atom stereocenters. The Hall–Kier alpha value is -3.20. The topological polar surface area (TPSA) is 75.3 Å². The molecule has 1 amide bonds. The van der Waals surface area contributed by atoms with Gasteiger partial charge in [-0.1, -0.05) is 30.3 Å². The van der Waals surface area contributed by atoms with E-state index in [0.29, 0.717) is 23.3 Å². The number of nitrogens with zero attached hydrogens (tertiary/aromatic N) is 2. The summed E-state index contributed by atoms with van der Waals surface area (Å²) in [6, 6.07) is 11.6. The highest BCUT2D eigenvalue weighted by molar-refractivity contribution is 5.79. The maximum Gasteiger partial charge on any atom is 0.416 e. The van der Waals surface area contributed by atoms with Gasteiger partial charge in [-0.15, -0.1) is 0 Å². The number of nitrogens with one attached hydrogen (secondary N) is 1. The minimum Gasteiger partial charge on any atom is -0.376 e. The number of aromatic amines is 1. The molecule has 9 heteroatoms. The lowest BCUT2D eigenvalue weighted by atomic mass is 10.1. The number of benzene rings is 2. The summed E-state index contributed by atoms with van der Waals surface area (Å²) < 4.78 is 44.7. The van der Waals surface area contributed by atoms with Crippen molar-refractivity contribution in [3.8, 4) is 0 Å². The minimum atomic E-state index is -4.48. The Morgan fingerprint density at radius 1 is 1.19 bits per heavy atom. The molecule has 0 spiro atoms. The van der Waals surface area contributed by atoms with Gasteiger partial charge in [-0.3, -0.25) is 9.59 Å². The molecule has 0 aliphatic carbocycles. The number of carbonyl (C=O) groups excluding carboxylic acids is 1. The maximum absolute atomic E-state index is 13.1. The number of amides is 1. The first-order valence-corrected chi connectivity index (χ1v) is 10.3. The van der Waals surface area contributed by atoms with Gasteiger partial charge in [-0.25, -0.2) is 4.98 Å². The monoisotopic (exact) mass is 445 g/mol. The van der Waals surface area contributed by atoms with E-state index in [1.165, 1.54) is 17.0 Å². The number of fused-ring (bicyclic) bond motifs is 1. The molecule has 1 aliphatic rings. The zero-order valence-corrected chi connectivity index (χ0v) is 17.2. The molecule has 4 rings (SSSR count). The number of para-hydroxylation sites is 1. The number of alkyl halides is 3. The summed E-state index contributed by atoms with van der Waals surface area (Å²) in [5.41, 5.74) is -0.335. The molecule has 6 nitrogen and oxygen atoms in total. The van der Waals surface area contributed by atoms with E-state index in [4.69, 9.17) is 4.74 Å². The van der Waals surface area contributed by atoms with E-state index >= 15 is 0 Å². The van der Waals surface area contributed by atoms with Crippen LogP contribution in [0.5, 0.6) is 0 Å². The van der Waals surface area contributed by atoms with E-state index in [1.54, 1.807) is 24.3 Å². The largest absolute Gasteiger partial charge is 0.416 e. The second-order valence-corrected chi connectivity index (χ2v) is 7.81. The highest BCUT2D eigenvalue weighted by atomic mass is 19.4. The number of ether oxygens (including phenoxy) is 1. The zero-order chi connectivity index (χ0) is 22.7. The van der Waals surface area contributed by atoms with Gasteiger partial charge in [0.05, 0.1) is 35.5 Å². The van der Waals surface area contributed by atoms with Crippen molar-refractivity contribution in [1.29, 1.82) is 0 Å². The van der Waals surface area contributed by atoms with Crippen molar-refractivity contribution in [2.75, 3.05) is 13.2 Å². The summed E-state index contributed by atoms with van der Waals surface area (Å²) in [6.45, 7) is 0.900. The molecule has 1 fully saturated rings. The van der Waals surface area contributed by atoms with Crippen molar-refractivity contribution in [2.45, 2.75) is 38.1 Å². The summed E-state index contributed by atoms with van der Waals surface area (Å²) in [5, 5.41) is 0.442. The average Bonchev–Trinajstić information content (AvgIpc) is 3.26. The van der Waals surface area contributed by atoms with Crippen molar-refractivity contribution in [3.63, 3.8) is 0 Å². The molecule has 0 saturated carbocycles. The van der Waals surface area contributed by atoms with Gasteiger partial charge in [0.15, 0.2) is 0 Å². The molecular weight excluding hydrogens is 423 g/mol. The maximum atomic E-state index is 13.1. The Balaban J connectivity index is 1.58. The number of hydrogen-bond donors (Lipinski definition) is 1. The third-order valence-electron chi connectivity index (χ3n) is 5.41. The van der Waals surface area contributed by atoms with Crippen LogP contribution in [0.25, 0.3) is 10.9 Å². The SMILES string of the molecule is O=C(Cc1cccc(C(F)(F)F)c1)N(Cc1nc2ccccc2c(=O)[nH]1)C[C@H]1CCCO1. The van der Waals surface area contributed by atoms with Crippen LogP contribution in [0.2, 0.25) is 0 Å². The molecule has 168 valence electrons. The molecule has 2 aromatic carbocycles. The van der Waals surface area contributed by atoms with Crippen LogP contribution in [-0.4, -0.2) is 40.0 Å². The van der Waals surface area contributed by atoms with Crippen molar-refractivity contribution in [2.24, 2.45) is 0 Å². The van der Waals surface area contributed by atoms with E-state index in [9.17, 15) is 22.8 Å². The fourth-order valence-corrected chi connectivity index (χ4v) is 3.82. The van der Waals surface area contributed by atoms with Crippen LogP contribution in [0.15, 0.2) is 53.3 Å². The van der Waals surface area contributed by atoms with Crippen LogP contribution in [0.1, 0.15) is 29.8 Å². The van der Waals surface area contributed by atoms with Gasteiger partial charge < -0.3 is 14.6 Å². The molecule has 1 aromatic heterocycles. The van der Waals surface area contributed by atoms with Crippen molar-refractivity contribution in [3.05, 3.63) is 75.8 Å². The Bertz CT molecular complexity index is 1170. The molecule has 0 radical (unpaired) electrons. The van der Waals surface area contributed by atoms with Crippen LogP contribution < -0.4 is 5.56 Å². The predicted molar refractivity (Wildman–Crippen MR) is 112 cm³/mol. The van der Waals surface area contributed by atoms with Crippen LogP contribution >= 0.6 is 0 Å². The summed E-state index contributed by atoms with van der Waals surface area (Å²) in [7, 11) is 0. The number of aromatic nitrogens is 2. The van der Waals surface area contributed by atoms with Crippen LogP contribution in [0.4, 0.5) is 13.2 Å². The van der Waals surface area contributed by atoms with Crippen molar-refractivity contribution < 1.29 is 22.7 Å². The van der Waals surface area contributed by atoms with Crippen LogP contribution in [0.3, 0.4) is 0 Å². The van der Waals surface area contributed by atoms with Gasteiger partial charge in [0.2, 0.25) is 5.91 Å². The van der Waals surface area contributed by atoms with Gasteiger partial charge in [-0.2, -0.15) is 13.2 Å². The number of hydrogen-bond acceptors (Lipinski definition) is 4. The molecule has 1 atom stereocenters. The molecule has 1 aliphatic heterocycles. The Morgan fingerprint density at radius 2 is 2.00 bits per heavy atom.